The maximum Gasteiger partial charge on any atom is 0.225 e. The zero-order valence-corrected chi connectivity index (χ0v) is 14.7. The van der Waals surface area contributed by atoms with E-state index >= 15 is 0 Å². The number of fused-ring (bicyclic) bond motifs is 3. The average molecular weight is 353 g/mol. The first-order chi connectivity index (χ1) is 11.3. The van der Waals surface area contributed by atoms with Gasteiger partial charge in [-0.3, -0.25) is 4.90 Å². The molecular weight excluding hydrogens is 332 g/mol. The zero-order valence-electron chi connectivity index (χ0n) is 13.1. The molecule has 2 aromatic heterocycles. The van der Waals surface area contributed by atoms with Crippen molar-refractivity contribution >= 4 is 39.0 Å². The number of hydrogen-bond acceptors (Lipinski definition) is 6. The number of piperazine rings is 1. The molecule has 1 N–H and O–H groups in total. The van der Waals surface area contributed by atoms with Crippen LogP contribution in [-0.4, -0.2) is 59.3 Å². The Morgan fingerprint density at radius 3 is 2.65 bits per heavy atom. The smallest absolute Gasteiger partial charge is 0.225 e. The van der Waals surface area contributed by atoms with Gasteiger partial charge in [-0.25, -0.2) is 4.98 Å². The highest BCUT2D eigenvalue weighted by molar-refractivity contribution is 7.19. The Morgan fingerprint density at radius 2 is 1.87 bits per heavy atom. The molecule has 0 amide bonds. The summed E-state index contributed by atoms with van der Waals surface area (Å²) in [6.45, 7) is 4.73. The van der Waals surface area contributed by atoms with Crippen molar-refractivity contribution in [3.8, 4) is 0 Å². The Morgan fingerprint density at radius 1 is 1.09 bits per heavy atom. The number of anilines is 1. The van der Waals surface area contributed by atoms with Gasteiger partial charge >= 0.3 is 0 Å². The minimum Gasteiger partial charge on any atom is -0.395 e. The molecule has 5 nitrogen and oxygen atoms in total. The molecule has 0 radical (unpaired) electrons. The van der Waals surface area contributed by atoms with Crippen molar-refractivity contribution < 1.29 is 5.11 Å². The standard InChI is InChI=1S/C16H21ClN4OS/c17-16-18-14(21-7-5-20(6-8-21)9-10-22)13-11-3-1-2-4-12(11)23-15(13)19-16/h22H,1-10H2. The molecule has 0 saturated carbocycles. The minimum absolute atomic E-state index is 0.224. The van der Waals surface area contributed by atoms with Crippen molar-refractivity contribution in [3.63, 3.8) is 0 Å². The average Bonchev–Trinajstić information content (AvgIpc) is 2.93. The van der Waals surface area contributed by atoms with Crippen LogP contribution in [0.25, 0.3) is 10.2 Å². The van der Waals surface area contributed by atoms with E-state index in [1.807, 2.05) is 0 Å². The number of aromatic nitrogens is 2. The number of halogens is 1. The van der Waals surface area contributed by atoms with Gasteiger partial charge in [0.2, 0.25) is 5.28 Å². The van der Waals surface area contributed by atoms with Gasteiger partial charge in [0.25, 0.3) is 0 Å². The lowest BCUT2D eigenvalue weighted by Gasteiger charge is -2.35. The van der Waals surface area contributed by atoms with Gasteiger partial charge < -0.3 is 10.0 Å². The van der Waals surface area contributed by atoms with Crippen molar-refractivity contribution in [3.05, 3.63) is 15.7 Å². The predicted molar refractivity (Wildman–Crippen MR) is 94.8 cm³/mol. The van der Waals surface area contributed by atoms with E-state index in [1.54, 1.807) is 11.3 Å². The third-order valence-electron chi connectivity index (χ3n) is 4.86. The van der Waals surface area contributed by atoms with Crippen molar-refractivity contribution in [1.29, 1.82) is 0 Å². The summed E-state index contributed by atoms with van der Waals surface area (Å²) in [6, 6.07) is 0. The lowest BCUT2D eigenvalue weighted by Crippen LogP contribution is -2.47. The fourth-order valence-corrected chi connectivity index (χ4v) is 5.14. The van der Waals surface area contributed by atoms with Crippen LogP contribution in [0.3, 0.4) is 0 Å². The molecule has 2 aliphatic rings. The topological polar surface area (TPSA) is 52.5 Å². The molecule has 7 heteroatoms. The summed E-state index contributed by atoms with van der Waals surface area (Å²) in [5, 5.41) is 10.7. The van der Waals surface area contributed by atoms with Crippen LogP contribution < -0.4 is 4.90 Å². The molecule has 0 unspecified atom stereocenters. The molecule has 1 fully saturated rings. The number of aliphatic hydroxyl groups is 1. The van der Waals surface area contributed by atoms with Gasteiger partial charge in [0.15, 0.2) is 0 Å². The first-order valence-corrected chi connectivity index (χ1v) is 9.51. The van der Waals surface area contributed by atoms with Gasteiger partial charge in [-0.15, -0.1) is 11.3 Å². The Labute approximate surface area is 144 Å². The van der Waals surface area contributed by atoms with Gasteiger partial charge in [0, 0.05) is 37.6 Å². The SMILES string of the molecule is OCCN1CCN(c2nc(Cl)nc3sc4c(c23)CCCC4)CC1. The third kappa shape index (κ3) is 2.93. The second-order valence-electron chi connectivity index (χ2n) is 6.26. The normalized spacial score (nSPS) is 19.3. The Hall–Kier alpha value is -0.950. The van der Waals surface area contributed by atoms with E-state index in [9.17, 15) is 0 Å². The summed E-state index contributed by atoms with van der Waals surface area (Å²) in [5.74, 6) is 1.02. The largest absolute Gasteiger partial charge is 0.395 e. The molecule has 3 heterocycles. The maximum atomic E-state index is 9.09. The monoisotopic (exact) mass is 352 g/mol. The van der Waals surface area contributed by atoms with Gasteiger partial charge in [-0.05, 0) is 42.8 Å². The van der Waals surface area contributed by atoms with E-state index in [1.165, 1.54) is 28.7 Å². The number of aryl methyl sites for hydroxylation is 2. The highest BCUT2D eigenvalue weighted by atomic mass is 35.5. The fraction of sp³-hybridized carbons (Fsp3) is 0.625. The van der Waals surface area contributed by atoms with E-state index in [0.29, 0.717) is 5.28 Å². The number of rotatable bonds is 3. The summed E-state index contributed by atoms with van der Waals surface area (Å²) < 4.78 is 0. The van der Waals surface area contributed by atoms with Crippen LogP contribution in [0.2, 0.25) is 5.28 Å². The number of β-amino-alcohol motifs (C(OH)–C–C–N with tert-alkyl or cyclic N) is 1. The highest BCUT2D eigenvalue weighted by Crippen LogP contribution is 2.40. The molecule has 1 saturated heterocycles. The van der Waals surface area contributed by atoms with Gasteiger partial charge in [-0.1, -0.05) is 0 Å². The van der Waals surface area contributed by atoms with Crippen LogP contribution in [0.4, 0.5) is 5.82 Å². The predicted octanol–water partition coefficient (Wildman–Crippen LogP) is 2.34. The van der Waals surface area contributed by atoms with Crippen LogP contribution >= 0.6 is 22.9 Å². The summed E-state index contributed by atoms with van der Waals surface area (Å²) in [4.78, 5) is 16.2. The summed E-state index contributed by atoms with van der Waals surface area (Å²) in [5.41, 5.74) is 1.46. The second kappa shape index (κ2) is 6.51. The van der Waals surface area contributed by atoms with E-state index in [4.69, 9.17) is 16.7 Å². The second-order valence-corrected chi connectivity index (χ2v) is 7.68. The summed E-state index contributed by atoms with van der Waals surface area (Å²) in [7, 11) is 0. The highest BCUT2D eigenvalue weighted by Gasteiger charge is 2.25. The molecule has 0 atom stereocenters. The molecule has 0 bridgehead atoms. The Bertz CT molecular complexity index is 712. The van der Waals surface area contributed by atoms with Crippen LogP contribution in [0.5, 0.6) is 0 Å². The molecule has 0 aromatic carbocycles. The number of thiophene rings is 1. The van der Waals surface area contributed by atoms with Crippen molar-refractivity contribution in [2.45, 2.75) is 25.7 Å². The number of hydrogen-bond donors (Lipinski definition) is 1. The zero-order chi connectivity index (χ0) is 15.8. The minimum atomic E-state index is 0.224. The molecule has 0 spiro atoms. The quantitative estimate of drug-likeness (QED) is 0.859. The van der Waals surface area contributed by atoms with Gasteiger partial charge in [0.1, 0.15) is 10.6 Å². The van der Waals surface area contributed by atoms with Crippen LogP contribution in [0.15, 0.2) is 0 Å². The van der Waals surface area contributed by atoms with Gasteiger partial charge in [0.05, 0.1) is 12.0 Å². The van der Waals surface area contributed by atoms with E-state index in [-0.39, 0.29) is 6.61 Å². The lowest BCUT2D eigenvalue weighted by molar-refractivity contribution is 0.188. The number of nitrogens with zero attached hydrogens (tertiary/aromatic N) is 4. The van der Waals surface area contributed by atoms with E-state index < -0.39 is 0 Å². The van der Waals surface area contributed by atoms with Crippen LogP contribution in [0.1, 0.15) is 23.3 Å². The summed E-state index contributed by atoms with van der Waals surface area (Å²) >= 11 is 7.99. The van der Waals surface area contributed by atoms with Crippen LogP contribution in [0, 0.1) is 0 Å². The van der Waals surface area contributed by atoms with Crippen molar-refractivity contribution in [1.82, 2.24) is 14.9 Å². The van der Waals surface area contributed by atoms with Gasteiger partial charge in [-0.2, -0.15) is 4.98 Å². The molecule has 23 heavy (non-hydrogen) atoms. The van der Waals surface area contributed by atoms with E-state index in [2.05, 4.69) is 19.8 Å². The van der Waals surface area contributed by atoms with Crippen LogP contribution in [-0.2, 0) is 12.8 Å². The first-order valence-electron chi connectivity index (χ1n) is 8.32. The first kappa shape index (κ1) is 15.6. The Kier molecular flexibility index (Phi) is 4.41. The molecule has 1 aliphatic carbocycles. The molecular formula is C16H21ClN4OS. The maximum absolute atomic E-state index is 9.09. The summed E-state index contributed by atoms with van der Waals surface area (Å²) in [6.07, 6.45) is 4.83. The lowest BCUT2D eigenvalue weighted by atomic mass is 9.97. The molecule has 124 valence electrons. The van der Waals surface area contributed by atoms with Crippen molar-refractivity contribution in [2.24, 2.45) is 0 Å². The Balaban J connectivity index is 1.70. The molecule has 2 aromatic rings. The molecule has 1 aliphatic heterocycles. The van der Waals surface area contributed by atoms with Crippen molar-refractivity contribution in [2.75, 3.05) is 44.2 Å². The van der Waals surface area contributed by atoms with E-state index in [0.717, 1.165) is 56.2 Å². The number of aliphatic hydroxyl groups excluding tert-OH is 1. The molecule has 4 rings (SSSR count). The fourth-order valence-electron chi connectivity index (χ4n) is 3.67. The third-order valence-corrected chi connectivity index (χ3v) is 6.21.